The van der Waals surface area contributed by atoms with Crippen molar-refractivity contribution in [3.63, 3.8) is 0 Å². The molecule has 2 unspecified atom stereocenters. The van der Waals surface area contributed by atoms with Crippen molar-refractivity contribution in [2.75, 3.05) is 32.8 Å². The molecule has 0 aromatic heterocycles. The van der Waals surface area contributed by atoms with Gasteiger partial charge in [0, 0.05) is 25.7 Å². The summed E-state index contributed by atoms with van der Waals surface area (Å²) in [6.45, 7) is 14.3. The van der Waals surface area contributed by atoms with E-state index in [4.69, 9.17) is 4.74 Å². The zero-order valence-corrected chi connectivity index (χ0v) is 11.3. The van der Waals surface area contributed by atoms with Crippen LogP contribution in [0.15, 0.2) is 0 Å². The van der Waals surface area contributed by atoms with Crippen molar-refractivity contribution in [1.82, 2.24) is 10.2 Å². The van der Waals surface area contributed by atoms with E-state index in [1.54, 1.807) is 0 Å². The fourth-order valence-corrected chi connectivity index (χ4v) is 2.02. The van der Waals surface area contributed by atoms with Gasteiger partial charge in [0.15, 0.2) is 0 Å². The summed E-state index contributed by atoms with van der Waals surface area (Å²) >= 11 is 0. The van der Waals surface area contributed by atoms with Crippen LogP contribution in [-0.2, 0) is 4.74 Å². The lowest BCUT2D eigenvalue weighted by atomic mass is 10.1. The first-order valence-corrected chi connectivity index (χ1v) is 6.66. The summed E-state index contributed by atoms with van der Waals surface area (Å²) in [6, 6.07) is 0.572. The maximum atomic E-state index is 5.62. The summed E-state index contributed by atoms with van der Waals surface area (Å²) in [4.78, 5) is 2.52. The van der Waals surface area contributed by atoms with Gasteiger partial charge in [-0.25, -0.2) is 0 Å². The van der Waals surface area contributed by atoms with E-state index in [-0.39, 0.29) is 0 Å². The molecule has 0 aromatic rings. The van der Waals surface area contributed by atoms with Crippen molar-refractivity contribution in [1.29, 1.82) is 0 Å². The van der Waals surface area contributed by atoms with Gasteiger partial charge in [0.2, 0.25) is 0 Å². The Hall–Kier alpha value is -0.120. The fourth-order valence-electron chi connectivity index (χ4n) is 2.02. The Kier molecular flexibility index (Phi) is 6.32. The number of ether oxygens (including phenoxy) is 1. The van der Waals surface area contributed by atoms with Gasteiger partial charge in [0.25, 0.3) is 0 Å². The predicted octanol–water partition coefficient (Wildman–Crippen LogP) is 1.73. The van der Waals surface area contributed by atoms with Crippen LogP contribution in [0.2, 0.25) is 0 Å². The van der Waals surface area contributed by atoms with Gasteiger partial charge >= 0.3 is 0 Å². The SMILES string of the molecule is CC(C)CCNCCN1CC(C)OCC1C. The maximum absolute atomic E-state index is 5.62. The number of hydrogen-bond acceptors (Lipinski definition) is 3. The van der Waals surface area contributed by atoms with E-state index in [1.165, 1.54) is 6.42 Å². The molecule has 2 atom stereocenters. The molecule has 3 heteroatoms. The van der Waals surface area contributed by atoms with Crippen molar-refractivity contribution >= 4 is 0 Å². The molecule has 1 heterocycles. The lowest BCUT2D eigenvalue weighted by molar-refractivity contribution is -0.0486. The normalized spacial score (nSPS) is 27.6. The molecule has 0 amide bonds. The van der Waals surface area contributed by atoms with Crippen LogP contribution < -0.4 is 5.32 Å². The van der Waals surface area contributed by atoms with E-state index < -0.39 is 0 Å². The van der Waals surface area contributed by atoms with E-state index in [0.29, 0.717) is 12.1 Å². The second kappa shape index (κ2) is 7.25. The van der Waals surface area contributed by atoms with Crippen molar-refractivity contribution in [2.24, 2.45) is 5.92 Å². The van der Waals surface area contributed by atoms with Crippen LogP contribution in [0.5, 0.6) is 0 Å². The van der Waals surface area contributed by atoms with Crippen molar-refractivity contribution in [2.45, 2.75) is 46.3 Å². The van der Waals surface area contributed by atoms with Crippen LogP contribution in [-0.4, -0.2) is 49.8 Å². The summed E-state index contributed by atoms with van der Waals surface area (Å²) in [6.07, 6.45) is 1.67. The van der Waals surface area contributed by atoms with Crippen LogP contribution >= 0.6 is 0 Å². The summed E-state index contributed by atoms with van der Waals surface area (Å²) in [5, 5.41) is 3.52. The molecule has 1 aliphatic heterocycles. The van der Waals surface area contributed by atoms with E-state index in [0.717, 1.165) is 38.7 Å². The second-order valence-corrected chi connectivity index (χ2v) is 5.42. The van der Waals surface area contributed by atoms with Crippen molar-refractivity contribution in [3.8, 4) is 0 Å². The van der Waals surface area contributed by atoms with Gasteiger partial charge in [-0.15, -0.1) is 0 Å². The topological polar surface area (TPSA) is 24.5 Å². The molecule has 1 saturated heterocycles. The molecule has 0 saturated carbocycles. The van der Waals surface area contributed by atoms with Gasteiger partial charge in [-0.05, 0) is 32.7 Å². The largest absolute Gasteiger partial charge is 0.376 e. The Morgan fingerprint density at radius 3 is 2.75 bits per heavy atom. The first-order chi connectivity index (χ1) is 7.59. The van der Waals surface area contributed by atoms with Gasteiger partial charge in [0.1, 0.15) is 0 Å². The highest BCUT2D eigenvalue weighted by Crippen LogP contribution is 2.10. The Labute approximate surface area is 101 Å². The van der Waals surface area contributed by atoms with E-state index in [1.807, 2.05) is 0 Å². The van der Waals surface area contributed by atoms with Crippen molar-refractivity contribution in [3.05, 3.63) is 0 Å². The summed E-state index contributed by atoms with van der Waals surface area (Å²) in [5.74, 6) is 0.801. The van der Waals surface area contributed by atoms with E-state index in [2.05, 4.69) is 37.9 Å². The number of rotatable bonds is 6. The molecule has 0 aromatic carbocycles. The summed E-state index contributed by atoms with van der Waals surface area (Å²) in [7, 11) is 0. The third-order valence-electron chi connectivity index (χ3n) is 3.21. The molecule has 3 nitrogen and oxygen atoms in total. The maximum Gasteiger partial charge on any atom is 0.0674 e. The minimum atomic E-state index is 0.395. The van der Waals surface area contributed by atoms with E-state index >= 15 is 0 Å². The molecular weight excluding hydrogens is 200 g/mol. The quantitative estimate of drug-likeness (QED) is 0.701. The first kappa shape index (κ1) is 13.9. The standard InChI is InChI=1S/C13H28N2O/c1-11(2)5-6-14-7-8-15-9-13(4)16-10-12(15)3/h11-14H,5-10H2,1-4H3. The molecule has 0 spiro atoms. The van der Waals surface area contributed by atoms with E-state index in [9.17, 15) is 0 Å². The summed E-state index contributed by atoms with van der Waals surface area (Å²) < 4.78 is 5.62. The van der Waals surface area contributed by atoms with Crippen LogP contribution in [0.4, 0.5) is 0 Å². The lowest BCUT2D eigenvalue weighted by Crippen LogP contribution is -2.49. The fraction of sp³-hybridized carbons (Fsp3) is 1.00. The number of hydrogen-bond donors (Lipinski definition) is 1. The second-order valence-electron chi connectivity index (χ2n) is 5.42. The van der Waals surface area contributed by atoms with Crippen LogP contribution in [0.25, 0.3) is 0 Å². The monoisotopic (exact) mass is 228 g/mol. The number of nitrogens with zero attached hydrogens (tertiary/aromatic N) is 1. The lowest BCUT2D eigenvalue weighted by Gasteiger charge is -2.36. The zero-order valence-electron chi connectivity index (χ0n) is 11.3. The van der Waals surface area contributed by atoms with Gasteiger partial charge in [0.05, 0.1) is 12.7 Å². The van der Waals surface area contributed by atoms with Gasteiger partial charge in [-0.1, -0.05) is 13.8 Å². The van der Waals surface area contributed by atoms with Gasteiger partial charge in [-0.3, -0.25) is 4.90 Å². The number of morpholine rings is 1. The molecule has 0 radical (unpaired) electrons. The molecule has 16 heavy (non-hydrogen) atoms. The highest BCUT2D eigenvalue weighted by atomic mass is 16.5. The molecule has 1 rings (SSSR count). The Morgan fingerprint density at radius 2 is 2.06 bits per heavy atom. The van der Waals surface area contributed by atoms with Crippen LogP contribution in [0, 0.1) is 5.92 Å². The number of nitrogens with one attached hydrogen (secondary N) is 1. The molecule has 0 aliphatic carbocycles. The molecule has 0 bridgehead atoms. The molecular formula is C13H28N2O. The van der Waals surface area contributed by atoms with Crippen molar-refractivity contribution < 1.29 is 4.74 Å². The zero-order chi connectivity index (χ0) is 12.0. The molecule has 96 valence electrons. The van der Waals surface area contributed by atoms with Gasteiger partial charge < -0.3 is 10.1 Å². The Bertz CT molecular complexity index is 185. The highest BCUT2D eigenvalue weighted by molar-refractivity contribution is 4.75. The Morgan fingerprint density at radius 1 is 1.31 bits per heavy atom. The minimum absolute atomic E-state index is 0.395. The smallest absolute Gasteiger partial charge is 0.0674 e. The first-order valence-electron chi connectivity index (χ1n) is 6.66. The molecule has 1 fully saturated rings. The molecule has 1 aliphatic rings. The predicted molar refractivity (Wildman–Crippen MR) is 68.8 cm³/mol. The highest BCUT2D eigenvalue weighted by Gasteiger charge is 2.22. The Balaban J connectivity index is 2.07. The third-order valence-corrected chi connectivity index (χ3v) is 3.21. The average molecular weight is 228 g/mol. The molecule has 1 N–H and O–H groups in total. The third kappa shape index (κ3) is 5.28. The van der Waals surface area contributed by atoms with Crippen LogP contribution in [0.1, 0.15) is 34.1 Å². The summed E-state index contributed by atoms with van der Waals surface area (Å²) in [5.41, 5.74) is 0. The minimum Gasteiger partial charge on any atom is -0.376 e. The van der Waals surface area contributed by atoms with Crippen LogP contribution in [0.3, 0.4) is 0 Å². The van der Waals surface area contributed by atoms with Gasteiger partial charge in [-0.2, -0.15) is 0 Å². The average Bonchev–Trinajstić information content (AvgIpc) is 2.22.